The fraction of sp³-hybridized carbons (Fsp3) is 0.364. The second-order valence-electron chi connectivity index (χ2n) is 7.28. The number of anilines is 2. The summed E-state index contributed by atoms with van der Waals surface area (Å²) in [5.41, 5.74) is 2.59. The molecular weight excluding hydrogens is 340 g/mol. The normalized spacial score (nSPS) is 10.7. The highest BCUT2D eigenvalue weighted by Crippen LogP contribution is 2.19. The van der Waals surface area contributed by atoms with E-state index < -0.39 is 0 Å². The molecular formula is C22H28N2O3. The first kappa shape index (κ1) is 20.5. The molecule has 0 aliphatic carbocycles. The zero-order chi connectivity index (χ0) is 19.8. The molecule has 0 spiro atoms. The Morgan fingerprint density at radius 3 is 1.81 bits per heavy atom. The van der Waals surface area contributed by atoms with Gasteiger partial charge in [-0.1, -0.05) is 39.8 Å². The van der Waals surface area contributed by atoms with Crippen molar-refractivity contribution in [2.75, 3.05) is 17.2 Å². The molecule has 2 rings (SSSR count). The van der Waals surface area contributed by atoms with E-state index in [-0.39, 0.29) is 18.4 Å². The zero-order valence-corrected chi connectivity index (χ0v) is 16.4. The fourth-order valence-corrected chi connectivity index (χ4v) is 2.51. The van der Waals surface area contributed by atoms with Crippen molar-refractivity contribution in [2.24, 2.45) is 5.92 Å². The standard InChI is InChI=1S/C22H28N2O3/c1-15(2)13-21(25)23-18-7-9-19(10-8-18)24-22(26)14-27-20-11-5-17(6-12-20)16(3)4/h5-12,15-16H,13-14H2,1-4H3,(H,23,25)(H,24,26). The number of ether oxygens (including phenoxy) is 1. The van der Waals surface area contributed by atoms with Gasteiger partial charge in [-0.3, -0.25) is 9.59 Å². The number of carbonyl (C=O) groups is 2. The highest BCUT2D eigenvalue weighted by atomic mass is 16.5. The van der Waals surface area contributed by atoms with Crippen LogP contribution in [-0.4, -0.2) is 18.4 Å². The van der Waals surface area contributed by atoms with Crippen LogP contribution in [0.25, 0.3) is 0 Å². The Hall–Kier alpha value is -2.82. The van der Waals surface area contributed by atoms with Crippen molar-refractivity contribution in [1.29, 1.82) is 0 Å². The Balaban J connectivity index is 1.80. The molecule has 0 atom stereocenters. The van der Waals surface area contributed by atoms with Crippen molar-refractivity contribution in [2.45, 2.75) is 40.0 Å². The van der Waals surface area contributed by atoms with E-state index in [1.165, 1.54) is 5.56 Å². The first-order chi connectivity index (χ1) is 12.8. The maximum Gasteiger partial charge on any atom is 0.262 e. The van der Waals surface area contributed by atoms with Crippen molar-refractivity contribution in [3.8, 4) is 5.75 Å². The maximum atomic E-state index is 12.0. The molecule has 0 heterocycles. The Morgan fingerprint density at radius 1 is 0.815 bits per heavy atom. The maximum absolute atomic E-state index is 12.0. The quantitative estimate of drug-likeness (QED) is 0.702. The zero-order valence-electron chi connectivity index (χ0n) is 16.4. The van der Waals surface area contributed by atoms with Crippen LogP contribution in [0.1, 0.15) is 45.6 Å². The van der Waals surface area contributed by atoms with Gasteiger partial charge in [0.1, 0.15) is 5.75 Å². The summed E-state index contributed by atoms with van der Waals surface area (Å²) in [7, 11) is 0. The van der Waals surface area contributed by atoms with E-state index in [1.807, 2.05) is 38.1 Å². The minimum atomic E-state index is -0.237. The predicted molar refractivity (Wildman–Crippen MR) is 109 cm³/mol. The molecule has 0 unspecified atom stereocenters. The molecule has 5 heteroatoms. The SMILES string of the molecule is CC(C)CC(=O)Nc1ccc(NC(=O)COc2ccc(C(C)C)cc2)cc1. The van der Waals surface area contributed by atoms with Gasteiger partial charge in [0, 0.05) is 17.8 Å². The molecule has 2 aromatic rings. The molecule has 2 aromatic carbocycles. The van der Waals surface area contributed by atoms with Crippen molar-refractivity contribution < 1.29 is 14.3 Å². The highest BCUT2D eigenvalue weighted by molar-refractivity contribution is 5.93. The van der Waals surface area contributed by atoms with Crippen molar-refractivity contribution in [1.82, 2.24) is 0 Å². The summed E-state index contributed by atoms with van der Waals surface area (Å²) in [6.45, 7) is 8.19. The molecule has 27 heavy (non-hydrogen) atoms. The lowest BCUT2D eigenvalue weighted by Gasteiger charge is -2.10. The first-order valence-corrected chi connectivity index (χ1v) is 9.26. The third-order valence-electron chi connectivity index (χ3n) is 3.96. The minimum absolute atomic E-state index is 0.0151. The van der Waals surface area contributed by atoms with Gasteiger partial charge in [0.05, 0.1) is 0 Å². The van der Waals surface area contributed by atoms with E-state index in [9.17, 15) is 9.59 Å². The molecule has 0 saturated heterocycles. The number of rotatable bonds is 8. The predicted octanol–water partition coefficient (Wildman–Crippen LogP) is 4.81. The number of hydrogen-bond acceptors (Lipinski definition) is 3. The summed E-state index contributed by atoms with van der Waals surface area (Å²) < 4.78 is 5.52. The van der Waals surface area contributed by atoms with Gasteiger partial charge in [0.15, 0.2) is 6.61 Å². The van der Waals surface area contributed by atoms with Crippen LogP contribution >= 0.6 is 0 Å². The van der Waals surface area contributed by atoms with Gasteiger partial charge in [0.2, 0.25) is 5.91 Å². The third kappa shape index (κ3) is 7.13. The molecule has 0 aromatic heterocycles. The van der Waals surface area contributed by atoms with Gasteiger partial charge in [-0.25, -0.2) is 0 Å². The number of benzene rings is 2. The molecule has 0 fully saturated rings. The summed E-state index contributed by atoms with van der Waals surface area (Å²) in [4.78, 5) is 23.8. The molecule has 0 radical (unpaired) electrons. The summed E-state index contributed by atoms with van der Waals surface area (Å²) >= 11 is 0. The Labute approximate surface area is 161 Å². The topological polar surface area (TPSA) is 67.4 Å². The second kappa shape index (κ2) is 9.76. The highest BCUT2D eigenvalue weighted by Gasteiger charge is 2.07. The van der Waals surface area contributed by atoms with Crippen LogP contribution in [0.15, 0.2) is 48.5 Å². The number of carbonyl (C=O) groups excluding carboxylic acids is 2. The van der Waals surface area contributed by atoms with Crippen molar-refractivity contribution >= 4 is 23.2 Å². The van der Waals surface area contributed by atoms with Gasteiger partial charge in [0.25, 0.3) is 5.91 Å². The van der Waals surface area contributed by atoms with Gasteiger partial charge in [-0.2, -0.15) is 0 Å². The third-order valence-corrected chi connectivity index (χ3v) is 3.96. The molecule has 0 aliphatic rings. The van der Waals surface area contributed by atoms with Gasteiger partial charge in [-0.15, -0.1) is 0 Å². The summed E-state index contributed by atoms with van der Waals surface area (Å²) in [6.07, 6.45) is 0.480. The monoisotopic (exact) mass is 368 g/mol. The lowest BCUT2D eigenvalue weighted by molar-refractivity contribution is -0.118. The lowest BCUT2D eigenvalue weighted by atomic mass is 10.0. The number of amides is 2. The van der Waals surface area contributed by atoms with E-state index in [0.29, 0.717) is 35.4 Å². The Bertz CT molecular complexity index is 750. The number of hydrogen-bond donors (Lipinski definition) is 2. The van der Waals surface area contributed by atoms with Crippen LogP contribution < -0.4 is 15.4 Å². The molecule has 2 N–H and O–H groups in total. The first-order valence-electron chi connectivity index (χ1n) is 9.26. The fourth-order valence-electron chi connectivity index (χ4n) is 2.51. The molecule has 0 saturated carbocycles. The van der Waals surface area contributed by atoms with Crippen molar-refractivity contribution in [3.63, 3.8) is 0 Å². The van der Waals surface area contributed by atoms with Crippen LogP contribution in [0.3, 0.4) is 0 Å². The van der Waals surface area contributed by atoms with Crippen LogP contribution in [-0.2, 0) is 9.59 Å². The summed E-state index contributed by atoms with van der Waals surface area (Å²) in [6, 6.07) is 14.8. The van der Waals surface area contributed by atoms with Gasteiger partial charge < -0.3 is 15.4 Å². The molecule has 2 amide bonds. The van der Waals surface area contributed by atoms with Gasteiger partial charge in [-0.05, 0) is 53.8 Å². The Kier molecular flexibility index (Phi) is 7.41. The van der Waals surface area contributed by atoms with Crippen LogP contribution in [0.5, 0.6) is 5.75 Å². The van der Waals surface area contributed by atoms with E-state index in [2.05, 4.69) is 24.5 Å². The smallest absolute Gasteiger partial charge is 0.262 e. The molecule has 5 nitrogen and oxygen atoms in total. The van der Waals surface area contributed by atoms with Crippen LogP contribution in [0, 0.1) is 5.92 Å². The average molecular weight is 368 g/mol. The minimum Gasteiger partial charge on any atom is -0.484 e. The van der Waals surface area contributed by atoms with E-state index in [4.69, 9.17) is 4.74 Å². The molecule has 144 valence electrons. The average Bonchev–Trinajstić information content (AvgIpc) is 2.61. The van der Waals surface area contributed by atoms with E-state index in [0.717, 1.165) is 0 Å². The van der Waals surface area contributed by atoms with E-state index in [1.54, 1.807) is 24.3 Å². The summed E-state index contributed by atoms with van der Waals surface area (Å²) in [5.74, 6) is 1.18. The lowest BCUT2D eigenvalue weighted by Crippen LogP contribution is -2.20. The Morgan fingerprint density at radius 2 is 1.33 bits per heavy atom. The van der Waals surface area contributed by atoms with Gasteiger partial charge >= 0.3 is 0 Å². The van der Waals surface area contributed by atoms with Crippen LogP contribution in [0.2, 0.25) is 0 Å². The summed E-state index contributed by atoms with van der Waals surface area (Å²) in [5, 5.41) is 5.61. The number of nitrogens with one attached hydrogen (secondary N) is 2. The van der Waals surface area contributed by atoms with Crippen LogP contribution in [0.4, 0.5) is 11.4 Å². The van der Waals surface area contributed by atoms with Crippen molar-refractivity contribution in [3.05, 3.63) is 54.1 Å². The molecule has 0 bridgehead atoms. The van der Waals surface area contributed by atoms with E-state index >= 15 is 0 Å². The largest absolute Gasteiger partial charge is 0.484 e. The second-order valence-corrected chi connectivity index (χ2v) is 7.28. The molecule has 0 aliphatic heterocycles.